The summed E-state index contributed by atoms with van der Waals surface area (Å²) in [6.07, 6.45) is 3.19. The van der Waals surface area contributed by atoms with E-state index in [1.54, 1.807) is 62.0 Å². The van der Waals surface area contributed by atoms with Gasteiger partial charge in [0.1, 0.15) is 11.5 Å². The summed E-state index contributed by atoms with van der Waals surface area (Å²) in [7, 11) is 1.58. The number of fused-ring (bicyclic) bond motifs is 1. The number of rotatable bonds is 3. The van der Waals surface area contributed by atoms with Crippen LogP contribution in [-0.4, -0.2) is 23.0 Å². The fourth-order valence-electron chi connectivity index (χ4n) is 1.90. The number of nitrogens with zero attached hydrogens (tertiary/aromatic N) is 2. The third-order valence-corrected chi connectivity index (χ3v) is 2.98. The van der Waals surface area contributed by atoms with E-state index in [-0.39, 0.29) is 0 Å². The van der Waals surface area contributed by atoms with Crippen molar-refractivity contribution in [2.45, 2.75) is 0 Å². The SMILES string of the molecule is COc1ccc(OC(=O)c2ccc3nccnc3c2)cc1. The average Bonchev–Trinajstić information content (AvgIpc) is 2.55. The lowest BCUT2D eigenvalue weighted by atomic mass is 10.2. The Hall–Kier alpha value is -2.95. The van der Waals surface area contributed by atoms with Crippen LogP contribution < -0.4 is 9.47 Å². The molecule has 0 aliphatic carbocycles. The Morgan fingerprint density at radius 1 is 0.905 bits per heavy atom. The molecular weight excluding hydrogens is 268 g/mol. The average molecular weight is 280 g/mol. The quantitative estimate of drug-likeness (QED) is 0.545. The first-order valence-corrected chi connectivity index (χ1v) is 6.33. The van der Waals surface area contributed by atoms with Crippen molar-refractivity contribution in [1.82, 2.24) is 9.97 Å². The maximum Gasteiger partial charge on any atom is 0.343 e. The Labute approximate surface area is 121 Å². The van der Waals surface area contributed by atoms with Gasteiger partial charge in [0.2, 0.25) is 0 Å². The topological polar surface area (TPSA) is 61.3 Å². The molecule has 0 saturated carbocycles. The van der Waals surface area contributed by atoms with Crippen molar-refractivity contribution >= 4 is 17.0 Å². The molecule has 21 heavy (non-hydrogen) atoms. The highest BCUT2D eigenvalue weighted by Gasteiger charge is 2.10. The molecule has 1 heterocycles. The molecule has 2 aromatic carbocycles. The van der Waals surface area contributed by atoms with Crippen molar-refractivity contribution in [3.05, 3.63) is 60.4 Å². The van der Waals surface area contributed by atoms with Crippen LogP contribution in [0, 0.1) is 0 Å². The Balaban J connectivity index is 1.82. The van der Waals surface area contributed by atoms with E-state index in [9.17, 15) is 4.79 Å². The summed E-state index contributed by atoms with van der Waals surface area (Å²) >= 11 is 0. The minimum absolute atomic E-state index is 0.429. The summed E-state index contributed by atoms with van der Waals surface area (Å²) in [6.45, 7) is 0. The first-order chi connectivity index (χ1) is 10.3. The Morgan fingerprint density at radius 3 is 2.29 bits per heavy atom. The molecule has 0 fully saturated rings. The Bertz CT molecular complexity index is 785. The van der Waals surface area contributed by atoms with Gasteiger partial charge in [-0.2, -0.15) is 0 Å². The molecule has 0 N–H and O–H groups in total. The maximum absolute atomic E-state index is 12.1. The van der Waals surface area contributed by atoms with Crippen molar-refractivity contribution in [1.29, 1.82) is 0 Å². The number of carbonyl (C=O) groups is 1. The molecule has 0 saturated heterocycles. The molecule has 0 aliphatic heterocycles. The number of esters is 1. The van der Waals surface area contributed by atoms with Crippen LogP contribution in [0.25, 0.3) is 11.0 Å². The van der Waals surface area contributed by atoms with Crippen LogP contribution in [0.4, 0.5) is 0 Å². The van der Waals surface area contributed by atoms with E-state index >= 15 is 0 Å². The molecule has 1 aromatic heterocycles. The minimum Gasteiger partial charge on any atom is -0.497 e. The van der Waals surface area contributed by atoms with Crippen LogP contribution in [0.1, 0.15) is 10.4 Å². The molecule has 104 valence electrons. The van der Waals surface area contributed by atoms with Crippen molar-refractivity contribution in [3.63, 3.8) is 0 Å². The van der Waals surface area contributed by atoms with E-state index in [1.165, 1.54) is 0 Å². The van der Waals surface area contributed by atoms with Crippen LogP contribution in [0.2, 0.25) is 0 Å². The number of hydrogen-bond acceptors (Lipinski definition) is 5. The van der Waals surface area contributed by atoms with Gasteiger partial charge in [-0.05, 0) is 42.5 Å². The van der Waals surface area contributed by atoms with Gasteiger partial charge in [-0.3, -0.25) is 9.97 Å². The van der Waals surface area contributed by atoms with Gasteiger partial charge in [0, 0.05) is 12.4 Å². The highest BCUT2D eigenvalue weighted by molar-refractivity contribution is 5.94. The molecule has 0 spiro atoms. The van der Waals surface area contributed by atoms with Gasteiger partial charge < -0.3 is 9.47 Å². The molecule has 0 amide bonds. The third kappa shape index (κ3) is 2.81. The lowest BCUT2D eigenvalue weighted by molar-refractivity contribution is 0.0735. The van der Waals surface area contributed by atoms with Crippen LogP contribution in [0.15, 0.2) is 54.9 Å². The second-order valence-electron chi connectivity index (χ2n) is 4.32. The summed E-state index contributed by atoms with van der Waals surface area (Å²) in [4.78, 5) is 20.4. The molecular formula is C16H12N2O3. The zero-order chi connectivity index (χ0) is 14.7. The molecule has 0 aliphatic rings. The standard InChI is InChI=1S/C16H12N2O3/c1-20-12-3-5-13(6-4-12)21-16(19)11-2-7-14-15(10-11)18-9-8-17-14/h2-10H,1H3. The summed E-state index contributed by atoms with van der Waals surface area (Å²) in [5.74, 6) is 0.726. The highest BCUT2D eigenvalue weighted by Crippen LogP contribution is 2.19. The summed E-state index contributed by atoms with van der Waals surface area (Å²) in [6, 6.07) is 11.9. The van der Waals surface area contributed by atoms with Gasteiger partial charge >= 0.3 is 5.97 Å². The van der Waals surface area contributed by atoms with Gasteiger partial charge in [0.05, 0.1) is 23.7 Å². The predicted octanol–water partition coefficient (Wildman–Crippen LogP) is 2.86. The zero-order valence-corrected chi connectivity index (χ0v) is 11.3. The van der Waals surface area contributed by atoms with Crippen LogP contribution in [0.3, 0.4) is 0 Å². The Kier molecular flexibility index (Phi) is 3.47. The van der Waals surface area contributed by atoms with Gasteiger partial charge in [-0.15, -0.1) is 0 Å². The number of methoxy groups -OCH3 is 1. The molecule has 0 bridgehead atoms. The van der Waals surface area contributed by atoms with Gasteiger partial charge in [0.25, 0.3) is 0 Å². The van der Waals surface area contributed by atoms with Crippen molar-refractivity contribution in [2.75, 3.05) is 7.11 Å². The van der Waals surface area contributed by atoms with Gasteiger partial charge in [-0.1, -0.05) is 0 Å². The van der Waals surface area contributed by atoms with E-state index in [0.717, 1.165) is 5.52 Å². The summed E-state index contributed by atoms with van der Waals surface area (Å²) < 4.78 is 10.4. The van der Waals surface area contributed by atoms with Crippen molar-refractivity contribution in [2.24, 2.45) is 0 Å². The normalized spacial score (nSPS) is 10.3. The predicted molar refractivity (Wildman–Crippen MR) is 77.5 cm³/mol. The van der Waals surface area contributed by atoms with Crippen LogP contribution >= 0.6 is 0 Å². The second kappa shape index (κ2) is 5.58. The molecule has 0 atom stereocenters. The molecule has 3 rings (SSSR count). The number of hydrogen-bond donors (Lipinski definition) is 0. The molecule has 0 radical (unpaired) electrons. The largest absolute Gasteiger partial charge is 0.497 e. The first kappa shape index (κ1) is 13.1. The van der Waals surface area contributed by atoms with Crippen molar-refractivity contribution in [3.8, 4) is 11.5 Å². The van der Waals surface area contributed by atoms with E-state index in [2.05, 4.69) is 9.97 Å². The van der Waals surface area contributed by atoms with Crippen molar-refractivity contribution < 1.29 is 14.3 Å². The maximum atomic E-state index is 12.1. The fourth-order valence-corrected chi connectivity index (χ4v) is 1.90. The summed E-state index contributed by atoms with van der Waals surface area (Å²) in [5, 5.41) is 0. The van der Waals surface area contributed by atoms with E-state index < -0.39 is 5.97 Å². The van der Waals surface area contributed by atoms with Crippen LogP contribution in [0.5, 0.6) is 11.5 Å². The minimum atomic E-state index is -0.437. The lowest BCUT2D eigenvalue weighted by Gasteiger charge is -2.06. The van der Waals surface area contributed by atoms with Gasteiger partial charge in [0.15, 0.2) is 0 Å². The van der Waals surface area contributed by atoms with Crippen LogP contribution in [-0.2, 0) is 0 Å². The lowest BCUT2D eigenvalue weighted by Crippen LogP contribution is -2.08. The molecule has 5 heteroatoms. The van der Waals surface area contributed by atoms with E-state index in [4.69, 9.17) is 9.47 Å². The number of carbonyl (C=O) groups excluding carboxylic acids is 1. The molecule has 0 unspecified atom stereocenters. The monoisotopic (exact) mass is 280 g/mol. The van der Waals surface area contributed by atoms with Gasteiger partial charge in [-0.25, -0.2) is 4.79 Å². The van der Waals surface area contributed by atoms with E-state index in [0.29, 0.717) is 22.6 Å². The number of aromatic nitrogens is 2. The third-order valence-electron chi connectivity index (χ3n) is 2.98. The fraction of sp³-hybridized carbons (Fsp3) is 0.0625. The first-order valence-electron chi connectivity index (χ1n) is 6.33. The number of benzene rings is 2. The Morgan fingerprint density at radius 2 is 1.57 bits per heavy atom. The zero-order valence-electron chi connectivity index (χ0n) is 11.3. The summed E-state index contributed by atoms with van der Waals surface area (Å²) in [5.41, 5.74) is 1.82. The van der Waals surface area contributed by atoms with E-state index in [1.807, 2.05) is 0 Å². The second-order valence-corrected chi connectivity index (χ2v) is 4.32. The highest BCUT2D eigenvalue weighted by atomic mass is 16.5. The smallest absolute Gasteiger partial charge is 0.343 e. The molecule has 5 nitrogen and oxygen atoms in total. The molecule has 3 aromatic rings. The number of ether oxygens (including phenoxy) is 2.